The van der Waals surface area contributed by atoms with Crippen molar-refractivity contribution in [3.8, 4) is 0 Å². The number of thiazole rings is 1. The van der Waals surface area contributed by atoms with E-state index < -0.39 is 0 Å². The Morgan fingerprint density at radius 3 is 2.82 bits per heavy atom. The minimum atomic E-state index is 0.0341. The Bertz CT molecular complexity index is 454. The Kier molecular flexibility index (Phi) is 4.27. The van der Waals surface area contributed by atoms with Gasteiger partial charge in [0.15, 0.2) is 0 Å². The van der Waals surface area contributed by atoms with Crippen LogP contribution in [0.3, 0.4) is 0 Å². The average Bonchev–Trinajstić information content (AvgIpc) is 2.83. The van der Waals surface area contributed by atoms with Gasteiger partial charge >= 0.3 is 0 Å². The van der Waals surface area contributed by atoms with E-state index in [2.05, 4.69) is 22.4 Å². The van der Waals surface area contributed by atoms with E-state index in [1.54, 1.807) is 5.51 Å². The maximum absolute atomic E-state index is 11.6. The van der Waals surface area contributed by atoms with Gasteiger partial charge in [-0.2, -0.15) is 0 Å². The fraction of sp³-hybridized carbons (Fsp3) is 0.231. The number of benzene rings is 1. The molecule has 1 aromatic heterocycles. The van der Waals surface area contributed by atoms with Crippen LogP contribution in [-0.2, 0) is 17.6 Å². The highest BCUT2D eigenvalue weighted by Crippen LogP contribution is 2.02. The molecule has 17 heavy (non-hydrogen) atoms. The molecule has 0 aliphatic heterocycles. The Morgan fingerprint density at radius 1 is 1.29 bits per heavy atom. The highest BCUT2D eigenvalue weighted by molar-refractivity contribution is 7.07. The standard InChI is InChI=1S/C13H14N2OS/c16-13(8-12-9-17-10-15-12)14-7-6-11-4-2-1-3-5-11/h1-5,9-10H,6-8H2,(H,14,16). The van der Waals surface area contributed by atoms with Crippen molar-refractivity contribution in [3.63, 3.8) is 0 Å². The van der Waals surface area contributed by atoms with E-state index in [0.29, 0.717) is 13.0 Å². The average molecular weight is 246 g/mol. The van der Waals surface area contributed by atoms with Crippen molar-refractivity contribution >= 4 is 17.2 Å². The second-order valence-electron chi connectivity index (χ2n) is 3.74. The van der Waals surface area contributed by atoms with Crippen LogP contribution in [0.4, 0.5) is 0 Å². The second-order valence-corrected chi connectivity index (χ2v) is 4.46. The minimum absolute atomic E-state index is 0.0341. The summed E-state index contributed by atoms with van der Waals surface area (Å²) in [7, 11) is 0. The van der Waals surface area contributed by atoms with Crippen LogP contribution in [0.15, 0.2) is 41.2 Å². The first kappa shape index (κ1) is 11.8. The first-order valence-electron chi connectivity index (χ1n) is 5.52. The highest BCUT2D eigenvalue weighted by Gasteiger charge is 2.03. The van der Waals surface area contributed by atoms with E-state index in [0.717, 1.165) is 12.1 Å². The summed E-state index contributed by atoms with van der Waals surface area (Å²) in [6.45, 7) is 0.674. The molecule has 1 aromatic carbocycles. The van der Waals surface area contributed by atoms with Crippen LogP contribution < -0.4 is 5.32 Å². The number of nitrogens with one attached hydrogen (secondary N) is 1. The Balaban J connectivity index is 1.70. The van der Waals surface area contributed by atoms with E-state index in [1.165, 1.54) is 16.9 Å². The van der Waals surface area contributed by atoms with Crippen molar-refractivity contribution in [2.24, 2.45) is 0 Å². The van der Waals surface area contributed by atoms with Gasteiger partial charge in [-0.15, -0.1) is 11.3 Å². The zero-order valence-corrected chi connectivity index (χ0v) is 10.2. The number of carbonyl (C=O) groups is 1. The van der Waals surface area contributed by atoms with Crippen molar-refractivity contribution in [2.45, 2.75) is 12.8 Å². The lowest BCUT2D eigenvalue weighted by molar-refractivity contribution is -0.120. The normalized spacial score (nSPS) is 10.1. The van der Waals surface area contributed by atoms with E-state index in [4.69, 9.17) is 0 Å². The third-order valence-electron chi connectivity index (χ3n) is 2.40. The highest BCUT2D eigenvalue weighted by atomic mass is 32.1. The van der Waals surface area contributed by atoms with Gasteiger partial charge in [-0.3, -0.25) is 4.79 Å². The molecule has 2 aromatic rings. The lowest BCUT2D eigenvalue weighted by atomic mass is 10.1. The number of amides is 1. The monoisotopic (exact) mass is 246 g/mol. The third-order valence-corrected chi connectivity index (χ3v) is 3.04. The van der Waals surface area contributed by atoms with Crippen LogP contribution in [0, 0.1) is 0 Å². The molecule has 0 unspecified atom stereocenters. The van der Waals surface area contributed by atoms with Crippen LogP contribution in [0.1, 0.15) is 11.3 Å². The maximum Gasteiger partial charge on any atom is 0.226 e. The Hall–Kier alpha value is -1.68. The van der Waals surface area contributed by atoms with E-state index >= 15 is 0 Å². The minimum Gasteiger partial charge on any atom is -0.355 e. The summed E-state index contributed by atoms with van der Waals surface area (Å²) < 4.78 is 0. The van der Waals surface area contributed by atoms with Gasteiger partial charge in [-0.05, 0) is 12.0 Å². The van der Waals surface area contributed by atoms with Gasteiger partial charge in [-0.1, -0.05) is 30.3 Å². The van der Waals surface area contributed by atoms with Crippen LogP contribution in [0.2, 0.25) is 0 Å². The SMILES string of the molecule is O=C(Cc1cscn1)NCCc1ccccc1. The van der Waals surface area contributed by atoms with Gasteiger partial charge in [0.25, 0.3) is 0 Å². The number of carbonyl (C=O) groups excluding carboxylic acids is 1. The van der Waals surface area contributed by atoms with Crippen molar-refractivity contribution in [3.05, 3.63) is 52.5 Å². The van der Waals surface area contributed by atoms with Gasteiger partial charge < -0.3 is 5.32 Å². The quantitative estimate of drug-likeness (QED) is 0.877. The second kappa shape index (κ2) is 6.15. The zero-order chi connectivity index (χ0) is 11.9. The molecule has 0 bridgehead atoms. The maximum atomic E-state index is 11.6. The van der Waals surface area contributed by atoms with E-state index in [9.17, 15) is 4.79 Å². The molecule has 0 saturated carbocycles. The molecule has 3 nitrogen and oxygen atoms in total. The predicted octanol–water partition coefficient (Wildman–Crippen LogP) is 2.04. The smallest absolute Gasteiger partial charge is 0.226 e. The van der Waals surface area contributed by atoms with Gasteiger partial charge in [0.2, 0.25) is 5.91 Å². The van der Waals surface area contributed by atoms with E-state index in [1.807, 2.05) is 23.6 Å². The molecule has 0 atom stereocenters. The lowest BCUT2D eigenvalue weighted by Gasteiger charge is -2.04. The van der Waals surface area contributed by atoms with Crippen molar-refractivity contribution in [2.75, 3.05) is 6.54 Å². The Morgan fingerprint density at radius 2 is 2.12 bits per heavy atom. The first-order chi connectivity index (χ1) is 8.34. The van der Waals surface area contributed by atoms with E-state index in [-0.39, 0.29) is 5.91 Å². The predicted molar refractivity (Wildman–Crippen MR) is 69.0 cm³/mol. The van der Waals surface area contributed by atoms with Crippen LogP contribution in [-0.4, -0.2) is 17.4 Å². The zero-order valence-electron chi connectivity index (χ0n) is 9.43. The van der Waals surface area contributed by atoms with Gasteiger partial charge in [-0.25, -0.2) is 4.98 Å². The summed E-state index contributed by atoms with van der Waals surface area (Å²) in [6, 6.07) is 10.1. The molecular formula is C13H14N2OS. The van der Waals surface area contributed by atoms with Gasteiger partial charge in [0, 0.05) is 11.9 Å². The molecule has 4 heteroatoms. The van der Waals surface area contributed by atoms with Crippen LogP contribution in [0.25, 0.3) is 0 Å². The molecule has 0 fully saturated rings. The Labute approximate surface area is 105 Å². The summed E-state index contributed by atoms with van der Waals surface area (Å²) in [5.74, 6) is 0.0341. The molecule has 2 rings (SSSR count). The summed E-state index contributed by atoms with van der Waals surface area (Å²) in [4.78, 5) is 15.6. The first-order valence-corrected chi connectivity index (χ1v) is 6.46. The number of aromatic nitrogens is 1. The molecule has 0 saturated heterocycles. The summed E-state index contributed by atoms with van der Waals surface area (Å²) in [6.07, 6.45) is 1.24. The molecule has 1 N–H and O–H groups in total. The molecule has 0 aliphatic rings. The topological polar surface area (TPSA) is 42.0 Å². The molecule has 0 radical (unpaired) electrons. The van der Waals surface area contributed by atoms with Crippen molar-refractivity contribution < 1.29 is 4.79 Å². The largest absolute Gasteiger partial charge is 0.355 e. The number of nitrogens with zero attached hydrogens (tertiary/aromatic N) is 1. The number of hydrogen-bond donors (Lipinski definition) is 1. The molecule has 1 amide bonds. The fourth-order valence-electron chi connectivity index (χ4n) is 1.54. The summed E-state index contributed by atoms with van der Waals surface area (Å²) >= 11 is 1.51. The van der Waals surface area contributed by atoms with Crippen molar-refractivity contribution in [1.82, 2.24) is 10.3 Å². The number of hydrogen-bond acceptors (Lipinski definition) is 3. The molecule has 0 aliphatic carbocycles. The number of rotatable bonds is 5. The summed E-state index contributed by atoms with van der Waals surface area (Å²) in [5, 5.41) is 4.79. The lowest BCUT2D eigenvalue weighted by Crippen LogP contribution is -2.27. The fourth-order valence-corrected chi connectivity index (χ4v) is 2.10. The molecular weight excluding hydrogens is 232 g/mol. The third kappa shape index (κ3) is 4.00. The van der Waals surface area contributed by atoms with Crippen molar-refractivity contribution in [1.29, 1.82) is 0 Å². The van der Waals surface area contributed by atoms with Gasteiger partial charge in [0.05, 0.1) is 17.6 Å². The van der Waals surface area contributed by atoms with Crippen LogP contribution in [0.5, 0.6) is 0 Å². The molecule has 0 spiro atoms. The summed E-state index contributed by atoms with van der Waals surface area (Å²) in [5.41, 5.74) is 3.82. The van der Waals surface area contributed by atoms with Crippen LogP contribution >= 0.6 is 11.3 Å². The molecule has 1 heterocycles. The van der Waals surface area contributed by atoms with Gasteiger partial charge in [0.1, 0.15) is 0 Å². The molecule has 88 valence electrons.